The van der Waals surface area contributed by atoms with E-state index in [0.29, 0.717) is 51.6 Å². The number of benzene rings is 1. The number of amides is 4. The predicted octanol–water partition coefficient (Wildman–Crippen LogP) is 2.90. The Bertz CT molecular complexity index is 1840. The van der Waals surface area contributed by atoms with Crippen molar-refractivity contribution in [2.45, 2.75) is 131 Å². The van der Waals surface area contributed by atoms with Gasteiger partial charge in [0.15, 0.2) is 0 Å². The summed E-state index contributed by atoms with van der Waals surface area (Å²) in [6.45, 7) is 1.20. The molecule has 0 bridgehead atoms. The molecule has 6 atom stereocenters. The minimum atomic E-state index is -3.90. The van der Waals surface area contributed by atoms with E-state index in [1.54, 1.807) is 0 Å². The Labute approximate surface area is 335 Å². The molecule has 7 rings (SSSR count). The minimum Gasteiger partial charge on any atom is -0.492 e. The standard InChI is InChI=1S/C41H57N5O10S/c1-45(2)18-19-54-31-15-14-26-20-28(21-27(26)22-31)38(49)55-32-23-35-36(47)43-41(39(50)44-57(52,53)33-16-17-33)24-29(41)10-6-4-3-5-7-13-34(37(48)46(35)25-32)42-40(51)56-30-11-8-9-12-30/h6,10,14-15,22,28-30,32-35H,3-5,7-9,11-13,16-21,23-25H2,1-2H3,(H,42,51)(H,43,47)(H,44,50)/b10-6-/t28?,29-,32-,34+,35+,41-/m1/s1. The summed E-state index contributed by atoms with van der Waals surface area (Å²) in [6, 6.07) is 3.67. The molecule has 1 aromatic rings. The van der Waals surface area contributed by atoms with Gasteiger partial charge in [0.05, 0.1) is 17.7 Å². The number of nitrogens with zero attached hydrogens (tertiary/aromatic N) is 2. The molecule has 4 amide bonds. The van der Waals surface area contributed by atoms with Crippen LogP contribution in [-0.4, -0.2) is 117 Å². The highest BCUT2D eigenvalue weighted by Crippen LogP contribution is 2.46. The summed E-state index contributed by atoms with van der Waals surface area (Å²) in [4.78, 5) is 72.8. The van der Waals surface area contributed by atoms with E-state index in [1.165, 1.54) is 4.90 Å². The molecule has 4 aliphatic carbocycles. The van der Waals surface area contributed by atoms with Crippen LogP contribution >= 0.6 is 0 Å². The number of hydrogen-bond donors (Lipinski definition) is 3. The fraction of sp³-hybridized carbons (Fsp3) is 0.683. The molecule has 3 N–H and O–H groups in total. The number of carbonyl (C=O) groups is 5. The molecule has 0 aromatic heterocycles. The van der Waals surface area contributed by atoms with Crippen LogP contribution in [0.5, 0.6) is 5.75 Å². The molecule has 312 valence electrons. The number of hydrogen-bond acceptors (Lipinski definition) is 11. The lowest BCUT2D eigenvalue weighted by molar-refractivity contribution is -0.153. The average Bonchev–Trinajstić information content (AvgIpc) is 3.95. The third-order valence-electron chi connectivity index (χ3n) is 12.2. The highest BCUT2D eigenvalue weighted by atomic mass is 32.2. The van der Waals surface area contributed by atoms with E-state index in [9.17, 15) is 32.4 Å². The summed E-state index contributed by atoms with van der Waals surface area (Å²) in [7, 11) is 0.0459. The van der Waals surface area contributed by atoms with E-state index in [1.807, 2.05) is 49.3 Å². The Balaban J connectivity index is 1.09. The van der Waals surface area contributed by atoms with Gasteiger partial charge in [-0.15, -0.1) is 0 Å². The molecule has 0 spiro atoms. The number of nitrogens with one attached hydrogen (secondary N) is 3. The van der Waals surface area contributed by atoms with Crippen LogP contribution in [0, 0.1) is 11.8 Å². The number of fused-ring (bicyclic) bond motifs is 3. The van der Waals surface area contributed by atoms with Crippen molar-refractivity contribution in [1.82, 2.24) is 25.2 Å². The Kier molecular flexibility index (Phi) is 12.5. The molecule has 2 heterocycles. The van der Waals surface area contributed by atoms with Gasteiger partial charge in [-0.1, -0.05) is 31.1 Å². The monoisotopic (exact) mass is 811 g/mol. The van der Waals surface area contributed by atoms with Crippen molar-refractivity contribution in [3.05, 3.63) is 41.5 Å². The molecule has 0 radical (unpaired) electrons. The SMILES string of the molecule is CN(C)CCOc1ccc2c(c1)CC(C(=O)O[C@@H]1C[C@H]3C(=O)N[C@]4(C(=O)NS(=O)(=O)C5CC5)C[C@H]4/C=C\CCCCC[C@H](NC(=O)OC4CCCC4)C(=O)N3C1)C2. The van der Waals surface area contributed by atoms with E-state index in [2.05, 4.69) is 15.4 Å². The van der Waals surface area contributed by atoms with E-state index in [-0.39, 0.29) is 25.5 Å². The van der Waals surface area contributed by atoms with Gasteiger partial charge in [-0.25, -0.2) is 13.2 Å². The van der Waals surface area contributed by atoms with Crippen molar-refractivity contribution in [2.75, 3.05) is 33.8 Å². The number of ether oxygens (including phenoxy) is 3. The molecule has 2 aliphatic heterocycles. The van der Waals surface area contributed by atoms with Gasteiger partial charge >= 0.3 is 12.1 Å². The average molecular weight is 812 g/mol. The fourth-order valence-electron chi connectivity index (χ4n) is 8.64. The minimum absolute atomic E-state index is 0.0370. The van der Waals surface area contributed by atoms with E-state index in [0.717, 1.165) is 61.9 Å². The van der Waals surface area contributed by atoms with Gasteiger partial charge in [-0.05, 0) is 114 Å². The third-order valence-corrected chi connectivity index (χ3v) is 14.1. The zero-order valence-electron chi connectivity index (χ0n) is 33.0. The fourth-order valence-corrected chi connectivity index (χ4v) is 10.0. The van der Waals surface area contributed by atoms with Crippen molar-refractivity contribution in [2.24, 2.45) is 11.8 Å². The van der Waals surface area contributed by atoms with Crippen LogP contribution in [0.25, 0.3) is 0 Å². The maximum Gasteiger partial charge on any atom is 0.408 e. The number of alkyl carbamates (subject to hydrolysis) is 1. The zero-order chi connectivity index (χ0) is 40.3. The molecular formula is C41H57N5O10S. The van der Waals surface area contributed by atoms with Gasteiger partial charge < -0.3 is 34.6 Å². The highest BCUT2D eigenvalue weighted by Gasteiger charge is 2.62. The number of allylic oxidation sites excluding steroid dienone is 1. The molecule has 16 heteroatoms. The van der Waals surface area contributed by atoms with Crippen LogP contribution in [-0.2, 0) is 51.5 Å². The van der Waals surface area contributed by atoms with Crippen LogP contribution in [0.4, 0.5) is 4.79 Å². The quantitative estimate of drug-likeness (QED) is 0.220. The van der Waals surface area contributed by atoms with Gasteiger partial charge in [0.1, 0.15) is 42.2 Å². The maximum absolute atomic E-state index is 14.5. The van der Waals surface area contributed by atoms with Gasteiger partial charge in [0.25, 0.3) is 5.91 Å². The van der Waals surface area contributed by atoms with Crippen molar-refractivity contribution in [3.8, 4) is 5.75 Å². The predicted molar refractivity (Wildman–Crippen MR) is 208 cm³/mol. The number of likely N-dealkylation sites (N-methyl/N-ethyl adjacent to an activating group) is 1. The summed E-state index contributed by atoms with van der Waals surface area (Å²) in [5.74, 6) is -2.58. The zero-order valence-corrected chi connectivity index (χ0v) is 33.9. The number of sulfonamides is 1. The second kappa shape index (κ2) is 17.4. The molecule has 1 unspecified atom stereocenters. The Morgan fingerprint density at radius 2 is 1.70 bits per heavy atom. The van der Waals surface area contributed by atoms with E-state index < -0.39 is 80.6 Å². The van der Waals surface area contributed by atoms with Crippen LogP contribution in [0.2, 0.25) is 0 Å². The topological polar surface area (TPSA) is 190 Å². The molecule has 3 saturated carbocycles. The van der Waals surface area contributed by atoms with Crippen molar-refractivity contribution in [3.63, 3.8) is 0 Å². The second-order valence-corrected chi connectivity index (χ2v) is 19.0. The van der Waals surface area contributed by atoms with Gasteiger partial charge in [0.2, 0.25) is 21.8 Å². The summed E-state index contributed by atoms with van der Waals surface area (Å²) in [6.07, 6.45) is 10.7. The van der Waals surface area contributed by atoms with Crippen LogP contribution < -0.4 is 20.1 Å². The van der Waals surface area contributed by atoms with Gasteiger partial charge in [-0.3, -0.25) is 23.9 Å². The molecule has 57 heavy (non-hydrogen) atoms. The van der Waals surface area contributed by atoms with Crippen molar-refractivity contribution in [1.29, 1.82) is 0 Å². The first kappa shape index (κ1) is 41.0. The lowest BCUT2D eigenvalue weighted by Crippen LogP contribution is -2.58. The molecule has 4 fully saturated rings. The van der Waals surface area contributed by atoms with Gasteiger partial charge in [-0.2, -0.15) is 0 Å². The first-order chi connectivity index (χ1) is 27.3. The largest absolute Gasteiger partial charge is 0.492 e. The van der Waals surface area contributed by atoms with Crippen molar-refractivity contribution < 1.29 is 46.6 Å². The second-order valence-electron chi connectivity index (χ2n) is 17.0. The van der Waals surface area contributed by atoms with Crippen LogP contribution in [0.1, 0.15) is 94.6 Å². The smallest absolute Gasteiger partial charge is 0.408 e. The molecule has 15 nitrogen and oxygen atoms in total. The van der Waals surface area contributed by atoms with Gasteiger partial charge in [0, 0.05) is 18.9 Å². The first-order valence-electron chi connectivity index (χ1n) is 20.7. The maximum atomic E-state index is 14.5. The van der Waals surface area contributed by atoms with E-state index >= 15 is 0 Å². The highest BCUT2D eigenvalue weighted by molar-refractivity contribution is 7.91. The Morgan fingerprint density at radius 1 is 0.947 bits per heavy atom. The summed E-state index contributed by atoms with van der Waals surface area (Å²) in [5, 5.41) is 5.00. The number of carbonyl (C=O) groups excluding carboxylic acids is 5. The molecular weight excluding hydrogens is 755 g/mol. The number of esters is 1. The van der Waals surface area contributed by atoms with Crippen LogP contribution in [0.15, 0.2) is 30.4 Å². The summed E-state index contributed by atoms with van der Waals surface area (Å²) in [5.41, 5.74) is 0.517. The molecule has 6 aliphatic rings. The lowest BCUT2D eigenvalue weighted by Gasteiger charge is -2.30. The lowest BCUT2D eigenvalue weighted by atomic mass is 10.0. The third kappa shape index (κ3) is 9.93. The Morgan fingerprint density at radius 3 is 2.46 bits per heavy atom. The summed E-state index contributed by atoms with van der Waals surface area (Å²) < 4.78 is 45.5. The number of rotatable bonds is 11. The van der Waals surface area contributed by atoms with Crippen LogP contribution in [0.3, 0.4) is 0 Å². The van der Waals surface area contributed by atoms with Crippen molar-refractivity contribution >= 4 is 39.8 Å². The Hall–Kier alpha value is -4.18. The summed E-state index contributed by atoms with van der Waals surface area (Å²) >= 11 is 0. The normalized spacial score (nSPS) is 29.9. The molecule has 1 saturated heterocycles. The molecule has 1 aromatic carbocycles. The first-order valence-corrected chi connectivity index (χ1v) is 22.3. The van der Waals surface area contributed by atoms with E-state index in [4.69, 9.17) is 14.2 Å².